The summed E-state index contributed by atoms with van der Waals surface area (Å²) in [5.74, 6) is -2.91. The van der Waals surface area contributed by atoms with Crippen molar-refractivity contribution in [1.82, 2.24) is 10.0 Å². The number of halogens is 4. The molecule has 8 nitrogen and oxygen atoms in total. The molecule has 182 valence electrons. The minimum atomic E-state index is -0.709. The fourth-order valence-electron chi connectivity index (χ4n) is 5.58. The number of amides is 3. The summed E-state index contributed by atoms with van der Waals surface area (Å²) in [5.41, 5.74) is -0.129. The number of hydrazine groups is 1. The van der Waals surface area contributed by atoms with Gasteiger partial charge in [-0.2, -0.15) is 5.01 Å². The Hall–Kier alpha value is -2.01. The Morgan fingerprint density at radius 3 is 2.23 bits per heavy atom. The molecule has 6 atom stereocenters. The highest BCUT2D eigenvalue weighted by Gasteiger charge is 2.67. The van der Waals surface area contributed by atoms with Crippen LogP contribution >= 0.6 is 55.1 Å². The number of nitrogens with zero attached hydrogens (tertiary/aromatic N) is 3. The van der Waals surface area contributed by atoms with Crippen molar-refractivity contribution in [2.45, 2.75) is 22.6 Å². The Balaban J connectivity index is 1.58. The third kappa shape index (κ3) is 3.89. The maximum atomic E-state index is 13.7. The predicted octanol–water partition coefficient (Wildman–Crippen LogP) is 5.24. The Morgan fingerprint density at radius 1 is 1.06 bits per heavy atom. The van der Waals surface area contributed by atoms with E-state index in [9.17, 15) is 24.5 Å². The van der Waals surface area contributed by atoms with E-state index in [1.165, 1.54) is 30.3 Å². The molecule has 0 spiro atoms. The molecule has 12 heteroatoms. The average Bonchev–Trinajstić information content (AvgIpc) is 3.43. The number of benzene rings is 2. The second-order valence-electron chi connectivity index (χ2n) is 8.86. The molecule has 2 aromatic carbocycles. The zero-order valence-electron chi connectivity index (χ0n) is 17.8. The van der Waals surface area contributed by atoms with Crippen LogP contribution in [0.5, 0.6) is 0 Å². The van der Waals surface area contributed by atoms with Gasteiger partial charge in [-0.1, -0.05) is 67.2 Å². The molecule has 1 heterocycles. The molecule has 2 aromatic rings. The van der Waals surface area contributed by atoms with Crippen LogP contribution in [0.4, 0.5) is 5.69 Å². The number of hydrogen-bond acceptors (Lipinski definition) is 5. The minimum Gasteiger partial charge on any atom is -0.272 e. The van der Waals surface area contributed by atoms with Crippen molar-refractivity contribution in [2.75, 3.05) is 0 Å². The number of nitro groups is 1. The molecular formula is C23H17Br2Cl2N3O5. The number of hydrogen-bond donors (Lipinski definition) is 0. The molecule has 3 fully saturated rings. The molecule has 0 unspecified atom stereocenters. The van der Waals surface area contributed by atoms with Crippen LogP contribution in [-0.4, -0.2) is 42.3 Å². The fourth-order valence-corrected chi connectivity index (χ4v) is 7.84. The van der Waals surface area contributed by atoms with Gasteiger partial charge in [0, 0.05) is 20.7 Å². The molecule has 0 N–H and O–H groups in total. The normalized spacial score (nSPS) is 29.0. The van der Waals surface area contributed by atoms with Crippen LogP contribution in [0.2, 0.25) is 10.0 Å². The van der Waals surface area contributed by atoms with Crippen LogP contribution in [0, 0.1) is 33.8 Å². The highest BCUT2D eigenvalue weighted by Crippen LogP contribution is 2.60. The number of imide groups is 1. The topological polar surface area (TPSA) is 101 Å². The van der Waals surface area contributed by atoms with Gasteiger partial charge in [0.15, 0.2) is 0 Å². The highest BCUT2D eigenvalue weighted by atomic mass is 79.9. The van der Waals surface area contributed by atoms with E-state index in [1.54, 1.807) is 12.1 Å². The van der Waals surface area contributed by atoms with E-state index in [0.717, 1.165) is 16.4 Å². The van der Waals surface area contributed by atoms with Gasteiger partial charge < -0.3 is 0 Å². The van der Waals surface area contributed by atoms with Crippen molar-refractivity contribution >= 4 is 78.5 Å². The maximum Gasteiger partial charge on any atom is 0.275 e. The number of fused-ring (bicyclic) bond motifs is 5. The fraction of sp³-hybridized carbons (Fsp3) is 0.348. The number of alkyl halides is 2. The van der Waals surface area contributed by atoms with Crippen LogP contribution < -0.4 is 0 Å². The first-order valence-corrected chi connectivity index (χ1v) is 13.4. The Morgan fingerprint density at radius 2 is 1.66 bits per heavy atom. The smallest absolute Gasteiger partial charge is 0.272 e. The van der Waals surface area contributed by atoms with Gasteiger partial charge >= 0.3 is 0 Å². The van der Waals surface area contributed by atoms with Crippen molar-refractivity contribution in [3.8, 4) is 0 Å². The molecule has 3 aliphatic rings. The van der Waals surface area contributed by atoms with Gasteiger partial charge in [-0.3, -0.25) is 24.5 Å². The highest BCUT2D eigenvalue weighted by molar-refractivity contribution is 9.12. The Kier molecular flexibility index (Phi) is 6.44. The van der Waals surface area contributed by atoms with Gasteiger partial charge in [0.25, 0.3) is 23.4 Å². The predicted molar refractivity (Wildman–Crippen MR) is 135 cm³/mol. The summed E-state index contributed by atoms with van der Waals surface area (Å²) in [6.07, 6.45) is 0.730. The van der Waals surface area contributed by atoms with Gasteiger partial charge in [0.05, 0.1) is 39.5 Å². The average molecular weight is 646 g/mol. The molecule has 2 saturated carbocycles. The van der Waals surface area contributed by atoms with Crippen LogP contribution in [0.25, 0.3) is 0 Å². The molecule has 2 aliphatic carbocycles. The van der Waals surface area contributed by atoms with Crippen LogP contribution in [0.1, 0.15) is 22.3 Å². The van der Waals surface area contributed by atoms with Gasteiger partial charge in [0.1, 0.15) is 0 Å². The van der Waals surface area contributed by atoms with E-state index >= 15 is 0 Å². The number of nitro benzene ring substituents is 1. The lowest BCUT2D eigenvalue weighted by Crippen LogP contribution is -2.50. The van der Waals surface area contributed by atoms with E-state index in [-0.39, 0.29) is 54.9 Å². The lowest BCUT2D eigenvalue weighted by molar-refractivity contribution is -0.385. The first-order valence-electron chi connectivity index (χ1n) is 10.8. The van der Waals surface area contributed by atoms with E-state index in [4.69, 9.17) is 23.2 Å². The second-order valence-corrected chi connectivity index (χ2v) is 11.8. The first-order chi connectivity index (χ1) is 16.6. The molecule has 0 aromatic heterocycles. The number of rotatable bonds is 5. The molecule has 2 bridgehead atoms. The van der Waals surface area contributed by atoms with Crippen molar-refractivity contribution in [2.24, 2.45) is 23.7 Å². The van der Waals surface area contributed by atoms with Gasteiger partial charge in [0.2, 0.25) is 0 Å². The van der Waals surface area contributed by atoms with Crippen LogP contribution in [0.3, 0.4) is 0 Å². The lowest BCUT2D eigenvalue weighted by atomic mass is 9.81. The molecular weight excluding hydrogens is 629 g/mol. The molecule has 1 saturated heterocycles. The summed E-state index contributed by atoms with van der Waals surface area (Å²) in [6.45, 7) is -0.390. The van der Waals surface area contributed by atoms with Crippen molar-refractivity contribution in [3.05, 3.63) is 73.8 Å². The number of carbonyl (C=O) groups is 3. The molecule has 1 aliphatic heterocycles. The van der Waals surface area contributed by atoms with Crippen molar-refractivity contribution in [1.29, 1.82) is 0 Å². The Labute approximate surface area is 226 Å². The quantitative estimate of drug-likeness (QED) is 0.192. The zero-order valence-corrected chi connectivity index (χ0v) is 22.5. The molecule has 0 radical (unpaired) electrons. The monoisotopic (exact) mass is 643 g/mol. The SMILES string of the molecule is O=C(c1ccccc1Cl)N(Cc1ccc(Cl)cc1[N+](=O)[O-])N1C(=O)[C@@H]2[C@H]3C[C@@H]([C@@H](Br)[C@H]3Br)[C@H]2C1=O. The molecule has 35 heavy (non-hydrogen) atoms. The summed E-state index contributed by atoms with van der Waals surface area (Å²) < 4.78 is 0. The molecule has 5 rings (SSSR count). The summed E-state index contributed by atoms with van der Waals surface area (Å²) in [6, 6.07) is 10.3. The number of carbonyl (C=O) groups excluding carboxylic acids is 3. The summed E-state index contributed by atoms with van der Waals surface area (Å²) in [7, 11) is 0. The summed E-state index contributed by atoms with van der Waals surface area (Å²) in [5, 5.41) is 13.8. The summed E-state index contributed by atoms with van der Waals surface area (Å²) >= 11 is 19.5. The lowest BCUT2D eigenvalue weighted by Gasteiger charge is -2.31. The van der Waals surface area contributed by atoms with Gasteiger partial charge in [-0.05, 0) is 42.5 Å². The minimum absolute atomic E-state index is 0.0236. The largest absolute Gasteiger partial charge is 0.275 e. The third-order valence-electron chi connectivity index (χ3n) is 7.11. The van der Waals surface area contributed by atoms with Gasteiger partial charge in [-0.15, -0.1) is 0 Å². The van der Waals surface area contributed by atoms with Crippen molar-refractivity contribution in [3.63, 3.8) is 0 Å². The van der Waals surface area contributed by atoms with Gasteiger partial charge in [-0.25, -0.2) is 5.01 Å². The van der Waals surface area contributed by atoms with Crippen molar-refractivity contribution < 1.29 is 19.3 Å². The Bertz CT molecular complexity index is 1250. The van der Waals surface area contributed by atoms with Crippen LogP contribution in [0.15, 0.2) is 42.5 Å². The van der Waals surface area contributed by atoms with E-state index in [0.29, 0.717) is 0 Å². The van der Waals surface area contributed by atoms with E-state index in [1.807, 2.05) is 0 Å². The molecule has 3 amide bonds. The third-order valence-corrected chi connectivity index (χ3v) is 10.9. The second kappa shape index (κ2) is 9.14. The summed E-state index contributed by atoms with van der Waals surface area (Å²) in [4.78, 5) is 52.1. The van der Waals surface area contributed by atoms with E-state index in [2.05, 4.69) is 31.9 Å². The van der Waals surface area contributed by atoms with Crippen LogP contribution in [-0.2, 0) is 16.1 Å². The maximum absolute atomic E-state index is 13.7. The zero-order chi connectivity index (χ0) is 25.2. The first kappa shape index (κ1) is 24.7. The van der Waals surface area contributed by atoms with E-state index < -0.39 is 34.5 Å². The standard InChI is InChI=1S/C23H17Br2Cl2N3O5/c24-19-13-8-14(20(19)25)18-17(13)22(32)29(23(18)33)28(21(31)12-3-1-2-4-15(12)27)9-10-5-6-11(26)7-16(10)30(34)35/h1-7,13-14,17-20H,8-9H2/t13-,14-,17-,18-,19-,20+/m1/s1.